The Morgan fingerprint density at radius 3 is 2.50 bits per heavy atom. The average Bonchev–Trinajstić information content (AvgIpc) is 2.47. The van der Waals surface area contributed by atoms with Crippen LogP contribution in [0.1, 0.15) is 11.1 Å². The molecule has 0 amide bonds. The van der Waals surface area contributed by atoms with Gasteiger partial charge in [0, 0.05) is 13.1 Å². The zero-order chi connectivity index (χ0) is 14.2. The molecule has 2 N–H and O–H groups in total. The van der Waals surface area contributed by atoms with Crippen LogP contribution in [0.4, 0.5) is 0 Å². The molecule has 106 valence electrons. The molecule has 0 aromatic heterocycles. The van der Waals surface area contributed by atoms with E-state index in [1.807, 2.05) is 49.4 Å². The van der Waals surface area contributed by atoms with Crippen LogP contribution >= 0.6 is 0 Å². The highest BCUT2D eigenvalue weighted by Crippen LogP contribution is 2.16. The third-order valence-corrected chi connectivity index (χ3v) is 3.08. The van der Waals surface area contributed by atoms with Crippen LogP contribution in [0.5, 0.6) is 5.75 Å². The van der Waals surface area contributed by atoms with Crippen molar-refractivity contribution in [2.45, 2.75) is 19.6 Å². The lowest BCUT2D eigenvalue weighted by molar-refractivity contribution is 0.106. The molecule has 3 nitrogen and oxygen atoms in total. The minimum atomic E-state index is -0.515. The molecule has 0 spiro atoms. The SMILES string of the molecule is Cc1ccccc1OC[C@H](O)CNCc1ccccc1. The van der Waals surface area contributed by atoms with Gasteiger partial charge in [-0.05, 0) is 24.1 Å². The monoisotopic (exact) mass is 271 g/mol. The van der Waals surface area contributed by atoms with Gasteiger partial charge >= 0.3 is 0 Å². The second kappa shape index (κ2) is 7.68. The number of hydrogen-bond donors (Lipinski definition) is 2. The van der Waals surface area contributed by atoms with Crippen molar-refractivity contribution in [2.75, 3.05) is 13.2 Å². The first-order valence-corrected chi connectivity index (χ1v) is 6.87. The summed E-state index contributed by atoms with van der Waals surface area (Å²) in [5.41, 5.74) is 2.29. The Morgan fingerprint density at radius 1 is 1.05 bits per heavy atom. The third kappa shape index (κ3) is 4.68. The molecule has 20 heavy (non-hydrogen) atoms. The van der Waals surface area contributed by atoms with E-state index in [4.69, 9.17) is 4.74 Å². The molecule has 0 heterocycles. The van der Waals surface area contributed by atoms with Gasteiger partial charge in [0.2, 0.25) is 0 Å². The number of ether oxygens (including phenoxy) is 1. The lowest BCUT2D eigenvalue weighted by atomic mass is 10.2. The van der Waals surface area contributed by atoms with E-state index >= 15 is 0 Å². The number of hydrogen-bond acceptors (Lipinski definition) is 3. The smallest absolute Gasteiger partial charge is 0.122 e. The fourth-order valence-corrected chi connectivity index (χ4v) is 1.94. The number of para-hydroxylation sites is 1. The molecule has 0 fully saturated rings. The zero-order valence-electron chi connectivity index (χ0n) is 11.8. The number of benzene rings is 2. The van der Waals surface area contributed by atoms with Gasteiger partial charge in [-0.15, -0.1) is 0 Å². The lowest BCUT2D eigenvalue weighted by Gasteiger charge is -2.14. The number of aryl methyl sites for hydroxylation is 1. The molecule has 2 aromatic carbocycles. The Bertz CT molecular complexity index is 513. The molecular weight excluding hydrogens is 250 g/mol. The molecule has 2 rings (SSSR count). The minimum absolute atomic E-state index is 0.298. The van der Waals surface area contributed by atoms with E-state index in [0.29, 0.717) is 13.2 Å². The van der Waals surface area contributed by atoms with Crippen molar-refractivity contribution in [3.63, 3.8) is 0 Å². The van der Waals surface area contributed by atoms with Gasteiger partial charge in [-0.2, -0.15) is 0 Å². The van der Waals surface area contributed by atoms with Crippen molar-refractivity contribution in [3.8, 4) is 5.75 Å². The summed E-state index contributed by atoms with van der Waals surface area (Å²) in [5, 5.41) is 13.1. The normalized spacial score (nSPS) is 12.1. The summed E-state index contributed by atoms with van der Waals surface area (Å²) in [5.74, 6) is 0.828. The fraction of sp³-hybridized carbons (Fsp3) is 0.294. The van der Waals surface area contributed by atoms with Crippen molar-refractivity contribution < 1.29 is 9.84 Å². The summed E-state index contributed by atoms with van der Waals surface area (Å²) in [6.07, 6.45) is -0.515. The van der Waals surface area contributed by atoms with Crippen molar-refractivity contribution >= 4 is 0 Å². The predicted molar refractivity (Wildman–Crippen MR) is 80.8 cm³/mol. The maximum Gasteiger partial charge on any atom is 0.122 e. The van der Waals surface area contributed by atoms with Gasteiger partial charge in [0.05, 0.1) is 0 Å². The Labute approximate surface area is 120 Å². The summed E-state index contributed by atoms with van der Waals surface area (Å²) in [7, 11) is 0. The number of aliphatic hydroxyl groups excluding tert-OH is 1. The highest BCUT2D eigenvalue weighted by molar-refractivity contribution is 5.31. The van der Waals surface area contributed by atoms with E-state index in [1.54, 1.807) is 0 Å². The summed E-state index contributed by atoms with van der Waals surface area (Å²) < 4.78 is 5.61. The summed E-state index contributed by atoms with van der Waals surface area (Å²) in [6.45, 7) is 3.56. The van der Waals surface area contributed by atoms with Gasteiger partial charge in [-0.25, -0.2) is 0 Å². The molecule has 0 radical (unpaired) electrons. The molecule has 0 saturated heterocycles. The molecule has 2 aromatic rings. The Morgan fingerprint density at radius 2 is 1.75 bits per heavy atom. The van der Waals surface area contributed by atoms with Gasteiger partial charge in [0.15, 0.2) is 0 Å². The van der Waals surface area contributed by atoms with Crippen molar-refractivity contribution in [1.29, 1.82) is 0 Å². The summed E-state index contributed by atoms with van der Waals surface area (Å²) in [6, 6.07) is 17.9. The van der Waals surface area contributed by atoms with Crippen molar-refractivity contribution in [3.05, 3.63) is 65.7 Å². The van der Waals surface area contributed by atoms with Crippen LogP contribution in [0.15, 0.2) is 54.6 Å². The molecule has 0 aliphatic heterocycles. The van der Waals surface area contributed by atoms with E-state index in [2.05, 4.69) is 17.4 Å². The Hall–Kier alpha value is -1.84. The number of aliphatic hydroxyl groups is 1. The van der Waals surface area contributed by atoms with E-state index < -0.39 is 6.10 Å². The predicted octanol–water partition coefficient (Wildman–Crippen LogP) is 2.52. The quantitative estimate of drug-likeness (QED) is 0.813. The Balaban J connectivity index is 1.68. The first-order chi connectivity index (χ1) is 9.75. The standard InChI is InChI=1S/C17H21NO2/c1-14-7-5-6-10-17(14)20-13-16(19)12-18-11-15-8-3-2-4-9-15/h2-10,16,18-19H,11-13H2,1H3/t16-/m1/s1. The first kappa shape index (κ1) is 14.6. The van der Waals surface area contributed by atoms with Crippen LogP contribution in [0, 0.1) is 6.92 Å². The lowest BCUT2D eigenvalue weighted by Crippen LogP contribution is -2.31. The van der Waals surface area contributed by atoms with E-state index in [0.717, 1.165) is 17.9 Å². The summed E-state index contributed by atoms with van der Waals surface area (Å²) in [4.78, 5) is 0. The highest BCUT2D eigenvalue weighted by Gasteiger charge is 2.06. The van der Waals surface area contributed by atoms with Crippen molar-refractivity contribution in [1.82, 2.24) is 5.32 Å². The van der Waals surface area contributed by atoms with Crippen LogP contribution < -0.4 is 10.1 Å². The number of nitrogens with one attached hydrogen (secondary N) is 1. The molecule has 0 aliphatic rings. The molecule has 3 heteroatoms. The van der Waals surface area contributed by atoms with Crippen LogP contribution in [0.25, 0.3) is 0 Å². The van der Waals surface area contributed by atoms with Crippen molar-refractivity contribution in [2.24, 2.45) is 0 Å². The molecule has 0 aliphatic carbocycles. The van der Waals surface area contributed by atoms with E-state index in [9.17, 15) is 5.11 Å². The fourth-order valence-electron chi connectivity index (χ4n) is 1.94. The van der Waals surface area contributed by atoms with E-state index in [-0.39, 0.29) is 0 Å². The van der Waals surface area contributed by atoms with Crippen LogP contribution in [0.3, 0.4) is 0 Å². The van der Waals surface area contributed by atoms with Crippen LogP contribution in [-0.4, -0.2) is 24.4 Å². The molecule has 0 unspecified atom stereocenters. The molecule has 0 bridgehead atoms. The Kier molecular flexibility index (Phi) is 5.59. The topological polar surface area (TPSA) is 41.5 Å². The minimum Gasteiger partial charge on any atom is -0.491 e. The zero-order valence-corrected chi connectivity index (χ0v) is 11.8. The second-order valence-corrected chi connectivity index (χ2v) is 4.85. The second-order valence-electron chi connectivity index (χ2n) is 4.85. The maximum atomic E-state index is 9.89. The van der Waals surface area contributed by atoms with Gasteiger partial charge < -0.3 is 15.2 Å². The van der Waals surface area contributed by atoms with Gasteiger partial charge in [0.25, 0.3) is 0 Å². The molecular formula is C17H21NO2. The van der Waals surface area contributed by atoms with Gasteiger partial charge in [-0.1, -0.05) is 48.5 Å². The van der Waals surface area contributed by atoms with Crippen LogP contribution in [-0.2, 0) is 6.54 Å². The highest BCUT2D eigenvalue weighted by atomic mass is 16.5. The maximum absolute atomic E-state index is 9.89. The van der Waals surface area contributed by atoms with Gasteiger partial charge in [0.1, 0.15) is 18.5 Å². The first-order valence-electron chi connectivity index (χ1n) is 6.87. The molecule has 1 atom stereocenters. The van der Waals surface area contributed by atoms with Gasteiger partial charge in [-0.3, -0.25) is 0 Å². The van der Waals surface area contributed by atoms with Crippen LogP contribution in [0.2, 0.25) is 0 Å². The van der Waals surface area contributed by atoms with E-state index in [1.165, 1.54) is 5.56 Å². The average molecular weight is 271 g/mol. The summed E-state index contributed by atoms with van der Waals surface area (Å²) >= 11 is 0. The third-order valence-electron chi connectivity index (χ3n) is 3.08. The number of rotatable bonds is 7. The molecule has 0 saturated carbocycles. The largest absolute Gasteiger partial charge is 0.491 e.